The number of rotatable bonds is 6. The molecular formula is C27H29N5O2. The third-order valence-corrected chi connectivity index (χ3v) is 6.56. The first-order valence-corrected chi connectivity index (χ1v) is 11.8. The number of nitrogens with zero attached hydrogens (tertiary/aromatic N) is 3. The number of H-pyrrole nitrogens is 1. The number of hydrogen-bond donors (Lipinski definition) is 3. The molecule has 174 valence electrons. The summed E-state index contributed by atoms with van der Waals surface area (Å²) in [6.07, 6.45) is 2.83. The van der Waals surface area contributed by atoms with Crippen molar-refractivity contribution in [3.63, 3.8) is 0 Å². The van der Waals surface area contributed by atoms with Crippen LogP contribution < -0.4 is 5.32 Å². The standard InChI is InChI=1S/C27H29N5O2/c1-18-25-23(16-24(29-26(25)31-30-18)20-9-11-22(33)12-10-20)27(34)32(21-8-5-14-28-17-21)15-13-19-6-3-2-4-7-19/h2-4,6-7,9-12,16,21,28,33H,5,8,13-15,17H2,1H3,(H,29,30,31). The minimum atomic E-state index is 0.00144. The van der Waals surface area contributed by atoms with Gasteiger partial charge in [-0.05, 0) is 68.6 Å². The minimum Gasteiger partial charge on any atom is -0.508 e. The van der Waals surface area contributed by atoms with E-state index in [1.165, 1.54) is 5.56 Å². The van der Waals surface area contributed by atoms with Crippen LogP contribution in [0.1, 0.15) is 34.5 Å². The van der Waals surface area contributed by atoms with E-state index in [1.807, 2.05) is 36.1 Å². The molecule has 0 aliphatic carbocycles. The van der Waals surface area contributed by atoms with Crippen LogP contribution in [0, 0.1) is 6.92 Å². The summed E-state index contributed by atoms with van der Waals surface area (Å²) in [6.45, 7) is 4.35. The molecule has 0 saturated carbocycles. The number of piperidine rings is 1. The molecule has 1 amide bonds. The summed E-state index contributed by atoms with van der Waals surface area (Å²) in [5.41, 5.74) is 4.66. The van der Waals surface area contributed by atoms with Crippen molar-refractivity contribution >= 4 is 16.9 Å². The van der Waals surface area contributed by atoms with Gasteiger partial charge in [0.05, 0.1) is 16.6 Å². The van der Waals surface area contributed by atoms with Crippen molar-refractivity contribution in [1.82, 2.24) is 25.4 Å². The van der Waals surface area contributed by atoms with Gasteiger partial charge < -0.3 is 15.3 Å². The van der Waals surface area contributed by atoms with Crippen molar-refractivity contribution in [3.8, 4) is 17.0 Å². The van der Waals surface area contributed by atoms with Crippen molar-refractivity contribution in [2.45, 2.75) is 32.2 Å². The number of carbonyl (C=O) groups excluding carboxylic acids is 1. The molecule has 1 atom stereocenters. The molecule has 1 aliphatic heterocycles. The predicted molar refractivity (Wildman–Crippen MR) is 133 cm³/mol. The molecule has 3 heterocycles. The monoisotopic (exact) mass is 455 g/mol. The quantitative estimate of drug-likeness (QED) is 0.407. The molecule has 3 N–H and O–H groups in total. The Morgan fingerprint density at radius 3 is 2.68 bits per heavy atom. The molecule has 34 heavy (non-hydrogen) atoms. The summed E-state index contributed by atoms with van der Waals surface area (Å²) in [5, 5.41) is 21.3. The van der Waals surface area contributed by atoms with Crippen LogP contribution in [0.4, 0.5) is 0 Å². The maximum absolute atomic E-state index is 14.2. The smallest absolute Gasteiger partial charge is 0.255 e. The highest BCUT2D eigenvalue weighted by molar-refractivity contribution is 6.07. The number of aromatic hydroxyl groups is 1. The summed E-state index contributed by atoms with van der Waals surface area (Å²) < 4.78 is 0. The fourth-order valence-corrected chi connectivity index (χ4v) is 4.72. The highest BCUT2D eigenvalue weighted by Gasteiger charge is 2.29. The lowest BCUT2D eigenvalue weighted by Crippen LogP contribution is -2.49. The molecule has 1 saturated heterocycles. The SMILES string of the molecule is Cc1[nH]nc2nc(-c3ccc(O)cc3)cc(C(=O)N(CCc3ccccc3)C3CCCNC3)c12. The fraction of sp³-hybridized carbons (Fsp3) is 0.296. The number of hydrogen-bond acceptors (Lipinski definition) is 5. The zero-order valence-electron chi connectivity index (χ0n) is 19.3. The van der Waals surface area contributed by atoms with Gasteiger partial charge in [0.15, 0.2) is 5.65 Å². The Kier molecular flexibility index (Phi) is 6.27. The molecule has 0 radical (unpaired) electrons. The van der Waals surface area contributed by atoms with Crippen LogP contribution >= 0.6 is 0 Å². The summed E-state index contributed by atoms with van der Waals surface area (Å²) >= 11 is 0. The number of fused-ring (bicyclic) bond motifs is 1. The van der Waals surface area contributed by atoms with Crippen molar-refractivity contribution in [2.24, 2.45) is 0 Å². The van der Waals surface area contributed by atoms with E-state index in [0.717, 1.165) is 49.0 Å². The Morgan fingerprint density at radius 2 is 1.94 bits per heavy atom. The summed E-state index contributed by atoms with van der Waals surface area (Å²) in [6, 6.07) is 19.2. The number of benzene rings is 2. The molecule has 7 nitrogen and oxygen atoms in total. The molecular weight excluding hydrogens is 426 g/mol. The molecule has 7 heteroatoms. The molecule has 0 bridgehead atoms. The van der Waals surface area contributed by atoms with Gasteiger partial charge in [0, 0.05) is 30.4 Å². The number of phenols is 1. The third kappa shape index (κ3) is 4.52. The number of aromatic amines is 1. The van der Waals surface area contributed by atoms with Crippen LogP contribution in [-0.2, 0) is 6.42 Å². The Hall–Kier alpha value is -3.71. The number of aromatic nitrogens is 3. The third-order valence-electron chi connectivity index (χ3n) is 6.56. The lowest BCUT2D eigenvalue weighted by Gasteiger charge is -2.35. The van der Waals surface area contributed by atoms with Crippen molar-refractivity contribution in [1.29, 1.82) is 0 Å². The second-order valence-corrected chi connectivity index (χ2v) is 8.88. The lowest BCUT2D eigenvalue weighted by molar-refractivity contribution is 0.0653. The average molecular weight is 456 g/mol. The zero-order valence-corrected chi connectivity index (χ0v) is 19.3. The maximum Gasteiger partial charge on any atom is 0.255 e. The number of aryl methyl sites for hydroxylation is 1. The van der Waals surface area contributed by atoms with Gasteiger partial charge in [-0.15, -0.1) is 0 Å². The number of nitrogens with one attached hydrogen (secondary N) is 2. The minimum absolute atomic E-state index is 0.00144. The first-order chi connectivity index (χ1) is 16.6. The van der Waals surface area contributed by atoms with Crippen LogP contribution in [0.15, 0.2) is 60.7 Å². The molecule has 1 unspecified atom stereocenters. The zero-order chi connectivity index (χ0) is 23.5. The van der Waals surface area contributed by atoms with Crippen molar-refractivity contribution in [3.05, 3.63) is 77.5 Å². The first kappa shape index (κ1) is 22.1. The Balaban J connectivity index is 1.55. The van der Waals surface area contributed by atoms with E-state index in [9.17, 15) is 9.90 Å². The van der Waals surface area contributed by atoms with Gasteiger partial charge in [-0.2, -0.15) is 5.10 Å². The van der Waals surface area contributed by atoms with E-state index in [1.54, 1.807) is 24.3 Å². The Morgan fingerprint density at radius 1 is 1.15 bits per heavy atom. The molecule has 1 aliphatic rings. The van der Waals surface area contributed by atoms with Crippen molar-refractivity contribution in [2.75, 3.05) is 19.6 Å². The van der Waals surface area contributed by atoms with E-state index in [0.29, 0.717) is 23.4 Å². The largest absolute Gasteiger partial charge is 0.508 e. The molecule has 2 aromatic carbocycles. The van der Waals surface area contributed by atoms with E-state index in [-0.39, 0.29) is 17.7 Å². The number of phenolic OH excluding ortho intramolecular Hbond substituents is 1. The fourth-order valence-electron chi connectivity index (χ4n) is 4.72. The van der Waals surface area contributed by atoms with Gasteiger partial charge in [-0.3, -0.25) is 9.89 Å². The topological polar surface area (TPSA) is 94.1 Å². The molecule has 0 spiro atoms. The van der Waals surface area contributed by atoms with Gasteiger partial charge in [-0.1, -0.05) is 30.3 Å². The lowest BCUT2D eigenvalue weighted by atomic mass is 10.0. The number of carbonyl (C=O) groups is 1. The summed E-state index contributed by atoms with van der Waals surface area (Å²) in [7, 11) is 0. The van der Waals surface area contributed by atoms with Crippen LogP contribution in [0.25, 0.3) is 22.3 Å². The highest BCUT2D eigenvalue weighted by atomic mass is 16.3. The van der Waals surface area contributed by atoms with Crippen LogP contribution in [0.2, 0.25) is 0 Å². The maximum atomic E-state index is 14.2. The normalized spacial score (nSPS) is 16.0. The summed E-state index contributed by atoms with van der Waals surface area (Å²) in [5.74, 6) is 0.190. The van der Waals surface area contributed by atoms with Gasteiger partial charge in [0.1, 0.15) is 5.75 Å². The summed E-state index contributed by atoms with van der Waals surface area (Å²) in [4.78, 5) is 20.9. The Bertz CT molecular complexity index is 1280. The first-order valence-electron chi connectivity index (χ1n) is 11.8. The Labute approximate surface area is 198 Å². The molecule has 4 aromatic rings. The second kappa shape index (κ2) is 9.65. The van der Waals surface area contributed by atoms with Gasteiger partial charge >= 0.3 is 0 Å². The van der Waals surface area contributed by atoms with E-state index in [4.69, 9.17) is 4.98 Å². The molecule has 2 aromatic heterocycles. The van der Waals surface area contributed by atoms with Crippen molar-refractivity contribution < 1.29 is 9.90 Å². The van der Waals surface area contributed by atoms with Crippen LogP contribution in [0.5, 0.6) is 5.75 Å². The number of amides is 1. The average Bonchev–Trinajstić information content (AvgIpc) is 3.26. The predicted octanol–water partition coefficient (Wildman–Crippen LogP) is 4.08. The van der Waals surface area contributed by atoms with E-state index >= 15 is 0 Å². The van der Waals surface area contributed by atoms with E-state index < -0.39 is 0 Å². The number of pyridine rings is 1. The highest BCUT2D eigenvalue weighted by Crippen LogP contribution is 2.29. The van der Waals surface area contributed by atoms with E-state index in [2.05, 4.69) is 27.6 Å². The van der Waals surface area contributed by atoms with Gasteiger partial charge in [-0.25, -0.2) is 4.98 Å². The second-order valence-electron chi connectivity index (χ2n) is 8.88. The molecule has 5 rings (SSSR count). The van der Waals surface area contributed by atoms with Crippen LogP contribution in [0.3, 0.4) is 0 Å². The molecule has 1 fully saturated rings. The van der Waals surface area contributed by atoms with Gasteiger partial charge in [0.25, 0.3) is 5.91 Å². The van der Waals surface area contributed by atoms with Crippen LogP contribution in [-0.4, -0.2) is 56.8 Å². The van der Waals surface area contributed by atoms with Gasteiger partial charge in [0.2, 0.25) is 0 Å².